The van der Waals surface area contributed by atoms with Gasteiger partial charge in [0.25, 0.3) is 17.4 Å². The fourth-order valence-corrected chi connectivity index (χ4v) is 3.59. The maximum atomic E-state index is 12.7. The quantitative estimate of drug-likeness (QED) is 0.339. The highest BCUT2D eigenvalue weighted by Gasteiger charge is 2.13. The first-order valence-corrected chi connectivity index (χ1v) is 11.2. The van der Waals surface area contributed by atoms with Crippen molar-refractivity contribution >= 4 is 23.2 Å². The van der Waals surface area contributed by atoms with Gasteiger partial charge in [-0.25, -0.2) is 0 Å². The summed E-state index contributed by atoms with van der Waals surface area (Å²) in [6.07, 6.45) is 0. The monoisotopic (exact) mass is 483 g/mol. The Labute approximate surface area is 207 Å². The highest BCUT2D eigenvalue weighted by molar-refractivity contribution is 6.04. The summed E-state index contributed by atoms with van der Waals surface area (Å²) in [7, 11) is 1.52. The zero-order valence-corrected chi connectivity index (χ0v) is 19.8. The number of H-pyrrole nitrogens is 1. The number of anilines is 2. The van der Waals surface area contributed by atoms with Gasteiger partial charge < -0.3 is 25.1 Å². The number of ether oxygens (including phenoxy) is 2. The molecule has 0 unspecified atom stereocenters. The second-order valence-electron chi connectivity index (χ2n) is 8.01. The van der Waals surface area contributed by atoms with Gasteiger partial charge in [0, 0.05) is 17.1 Å². The average Bonchev–Trinajstić information content (AvgIpc) is 2.87. The normalized spacial score (nSPS) is 10.4. The Morgan fingerprint density at radius 3 is 2.28 bits per heavy atom. The van der Waals surface area contributed by atoms with Crippen molar-refractivity contribution in [2.24, 2.45) is 0 Å². The Morgan fingerprint density at radius 1 is 0.833 bits per heavy atom. The van der Waals surface area contributed by atoms with Gasteiger partial charge in [0.15, 0.2) is 18.1 Å². The zero-order valence-electron chi connectivity index (χ0n) is 19.8. The molecule has 1 heterocycles. The number of aromatic amines is 1. The lowest BCUT2D eigenvalue weighted by molar-refractivity contribution is -0.118. The first kappa shape index (κ1) is 24.3. The number of aryl methyl sites for hydroxylation is 1. The molecule has 0 aliphatic carbocycles. The molecule has 36 heavy (non-hydrogen) atoms. The van der Waals surface area contributed by atoms with Gasteiger partial charge >= 0.3 is 0 Å². The van der Waals surface area contributed by atoms with Crippen LogP contribution in [0.3, 0.4) is 0 Å². The van der Waals surface area contributed by atoms with E-state index in [2.05, 4.69) is 15.6 Å². The predicted octanol–water partition coefficient (Wildman–Crippen LogP) is 4.63. The SMILES string of the molecule is COc1ccccc1OCC(=O)Nc1cccc(NC(=O)c2ccc(-c3cccc(C)c3)[nH]c2=O)c1. The van der Waals surface area contributed by atoms with Crippen LogP contribution in [0.4, 0.5) is 11.4 Å². The molecule has 3 N–H and O–H groups in total. The molecule has 0 aliphatic rings. The van der Waals surface area contributed by atoms with E-state index in [4.69, 9.17) is 9.47 Å². The van der Waals surface area contributed by atoms with Crippen LogP contribution in [0.5, 0.6) is 11.5 Å². The van der Waals surface area contributed by atoms with Crippen molar-refractivity contribution in [2.75, 3.05) is 24.4 Å². The molecular weight excluding hydrogens is 458 g/mol. The Bertz CT molecular complexity index is 1460. The topological polar surface area (TPSA) is 110 Å². The summed E-state index contributed by atoms with van der Waals surface area (Å²) in [5.74, 6) is 0.0364. The lowest BCUT2D eigenvalue weighted by Crippen LogP contribution is -2.23. The Morgan fingerprint density at radius 2 is 1.56 bits per heavy atom. The smallest absolute Gasteiger partial charge is 0.262 e. The van der Waals surface area contributed by atoms with Crippen LogP contribution in [0.1, 0.15) is 15.9 Å². The number of para-hydroxylation sites is 2. The number of benzene rings is 3. The summed E-state index contributed by atoms with van der Waals surface area (Å²) in [6.45, 7) is 1.74. The molecule has 0 aliphatic heterocycles. The molecule has 4 rings (SSSR count). The van der Waals surface area contributed by atoms with E-state index < -0.39 is 11.5 Å². The zero-order chi connectivity index (χ0) is 25.5. The minimum absolute atomic E-state index is 0.0222. The highest BCUT2D eigenvalue weighted by atomic mass is 16.5. The second kappa shape index (κ2) is 11.1. The van der Waals surface area contributed by atoms with E-state index in [0.29, 0.717) is 28.6 Å². The van der Waals surface area contributed by atoms with Crippen LogP contribution in [0, 0.1) is 6.92 Å². The fourth-order valence-electron chi connectivity index (χ4n) is 3.59. The molecule has 1 aromatic heterocycles. The van der Waals surface area contributed by atoms with Crippen molar-refractivity contribution < 1.29 is 19.1 Å². The van der Waals surface area contributed by atoms with E-state index in [1.807, 2.05) is 31.2 Å². The van der Waals surface area contributed by atoms with E-state index in [9.17, 15) is 14.4 Å². The molecule has 2 amide bonds. The predicted molar refractivity (Wildman–Crippen MR) is 139 cm³/mol. The highest BCUT2D eigenvalue weighted by Crippen LogP contribution is 2.25. The number of methoxy groups -OCH3 is 1. The summed E-state index contributed by atoms with van der Waals surface area (Å²) >= 11 is 0. The molecule has 0 saturated heterocycles. The van der Waals surface area contributed by atoms with Gasteiger partial charge in [-0.2, -0.15) is 0 Å². The van der Waals surface area contributed by atoms with Crippen molar-refractivity contribution in [1.29, 1.82) is 0 Å². The molecule has 3 aromatic carbocycles. The van der Waals surface area contributed by atoms with Crippen LogP contribution in [-0.4, -0.2) is 30.5 Å². The summed E-state index contributed by atoms with van der Waals surface area (Å²) < 4.78 is 10.7. The summed E-state index contributed by atoms with van der Waals surface area (Å²) in [5.41, 5.74) is 2.91. The minimum Gasteiger partial charge on any atom is -0.493 e. The molecule has 8 nitrogen and oxygen atoms in total. The third-order valence-corrected chi connectivity index (χ3v) is 5.32. The number of aromatic nitrogens is 1. The average molecular weight is 484 g/mol. The number of nitrogens with one attached hydrogen (secondary N) is 3. The molecule has 0 radical (unpaired) electrons. The molecule has 0 bridgehead atoms. The standard InChI is InChI=1S/C28H25N3O5/c1-18-7-5-8-19(15-18)23-14-13-22(28(34)31-23)27(33)30-21-10-6-9-20(16-21)29-26(32)17-36-25-12-4-3-11-24(25)35-2/h3-16H,17H2,1-2H3,(H,29,32)(H,30,33)(H,31,34). The maximum Gasteiger partial charge on any atom is 0.262 e. The van der Waals surface area contributed by atoms with Crippen molar-refractivity contribution in [3.05, 3.63) is 106 Å². The van der Waals surface area contributed by atoms with Crippen molar-refractivity contribution in [1.82, 2.24) is 4.98 Å². The van der Waals surface area contributed by atoms with E-state index in [1.165, 1.54) is 13.2 Å². The van der Waals surface area contributed by atoms with Crippen LogP contribution >= 0.6 is 0 Å². The number of amides is 2. The minimum atomic E-state index is -0.560. The number of hydrogen-bond donors (Lipinski definition) is 3. The van der Waals surface area contributed by atoms with Gasteiger partial charge in [-0.05, 0) is 61.0 Å². The molecule has 0 saturated carbocycles. The first-order valence-electron chi connectivity index (χ1n) is 11.2. The van der Waals surface area contributed by atoms with Gasteiger partial charge in [-0.1, -0.05) is 42.0 Å². The molecule has 0 fully saturated rings. The van der Waals surface area contributed by atoms with Crippen LogP contribution in [0.25, 0.3) is 11.3 Å². The fraction of sp³-hybridized carbons (Fsp3) is 0.107. The number of carbonyl (C=O) groups excluding carboxylic acids is 2. The summed E-state index contributed by atoms with van der Waals surface area (Å²) in [6, 6.07) is 24.5. The molecular formula is C28H25N3O5. The number of pyridine rings is 1. The Balaban J connectivity index is 1.39. The van der Waals surface area contributed by atoms with Gasteiger partial charge in [-0.15, -0.1) is 0 Å². The third-order valence-electron chi connectivity index (χ3n) is 5.32. The number of carbonyl (C=O) groups is 2. The Hall–Kier alpha value is -4.85. The maximum absolute atomic E-state index is 12.7. The van der Waals surface area contributed by atoms with E-state index >= 15 is 0 Å². The Kier molecular flexibility index (Phi) is 7.45. The molecule has 8 heteroatoms. The first-order chi connectivity index (χ1) is 17.4. The van der Waals surface area contributed by atoms with Gasteiger partial charge in [0.05, 0.1) is 7.11 Å². The summed E-state index contributed by atoms with van der Waals surface area (Å²) in [5, 5.41) is 5.42. The molecule has 4 aromatic rings. The van der Waals surface area contributed by atoms with E-state index in [1.54, 1.807) is 54.6 Å². The largest absolute Gasteiger partial charge is 0.493 e. The lowest BCUT2D eigenvalue weighted by Gasteiger charge is -2.11. The molecule has 182 valence electrons. The molecule has 0 spiro atoms. The van der Waals surface area contributed by atoms with Crippen molar-refractivity contribution in [3.63, 3.8) is 0 Å². The van der Waals surface area contributed by atoms with Crippen LogP contribution in [0.2, 0.25) is 0 Å². The van der Waals surface area contributed by atoms with Gasteiger partial charge in [-0.3, -0.25) is 14.4 Å². The van der Waals surface area contributed by atoms with Crippen molar-refractivity contribution in [3.8, 4) is 22.8 Å². The number of rotatable bonds is 8. The van der Waals surface area contributed by atoms with Gasteiger partial charge in [0.2, 0.25) is 0 Å². The second-order valence-corrected chi connectivity index (χ2v) is 8.01. The van der Waals surface area contributed by atoms with Crippen LogP contribution in [0.15, 0.2) is 89.7 Å². The summed E-state index contributed by atoms with van der Waals surface area (Å²) in [4.78, 5) is 40.4. The van der Waals surface area contributed by atoms with Crippen LogP contribution in [-0.2, 0) is 4.79 Å². The molecule has 0 atom stereocenters. The third kappa shape index (κ3) is 5.98. The number of hydrogen-bond acceptors (Lipinski definition) is 5. The van der Waals surface area contributed by atoms with E-state index in [-0.39, 0.29) is 18.1 Å². The van der Waals surface area contributed by atoms with Gasteiger partial charge in [0.1, 0.15) is 5.56 Å². The lowest BCUT2D eigenvalue weighted by atomic mass is 10.1. The van der Waals surface area contributed by atoms with Crippen molar-refractivity contribution in [2.45, 2.75) is 6.92 Å². The van der Waals surface area contributed by atoms with Crippen LogP contribution < -0.4 is 25.7 Å². The van der Waals surface area contributed by atoms with E-state index in [0.717, 1.165) is 11.1 Å².